The smallest absolute Gasteiger partial charge is 0.328 e. The summed E-state index contributed by atoms with van der Waals surface area (Å²) in [4.78, 5) is 12.5. The lowest BCUT2D eigenvalue weighted by Gasteiger charge is -2.27. The number of carboxylic acids is 1. The van der Waals surface area contributed by atoms with Gasteiger partial charge in [-0.05, 0) is 42.7 Å². The van der Waals surface area contributed by atoms with E-state index in [1.165, 1.54) is 0 Å². The van der Waals surface area contributed by atoms with E-state index in [0.717, 1.165) is 22.9 Å². The highest BCUT2D eigenvalue weighted by atomic mass is 32.2. The molecule has 0 amide bonds. The number of benzene rings is 1. The van der Waals surface area contributed by atoms with Gasteiger partial charge in [-0.2, -0.15) is 0 Å². The van der Waals surface area contributed by atoms with Crippen molar-refractivity contribution in [1.29, 1.82) is 0 Å². The maximum absolute atomic E-state index is 11.6. The molecule has 1 atom stereocenters. The Hall–Kier alpha value is -1.82. The topological polar surface area (TPSA) is 74.7 Å². The number of hydrogen-bond acceptors (Lipinski definition) is 4. The van der Waals surface area contributed by atoms with Crippen LogP contribution in [0.1, 0.15) is 17.5 Å². The lowest BCUT2D eigenvalue weighted by atomic mass is 10.1. The molecular weight excluding hydrogens is 290 g/mol. The molecule has 0 radical (unpaired) electrons. The minimum atomic E-state index is -2.91. The van der Waals surface area contributed by atoms with Crippen molar-refractivity contribution in [3.05, 3.63) is 35.4 Å². The number of anilines is 1. The Morgan fingerprint density at radius 2 is 2.14 bits per heavy atom. The second-order valence-corrected chi connectivity index (χ2v) is 7.61. The first-order chi connectivity index (χ1) is 9.78. The molecule has 0 aliphatic carbocycles. The number of rotatable bonds is 4. The zero-order valence-electron chi connectivity index (χ0n) is 12.1. The molecule has 1 aliphatic heterocycles. The van der Waals surface area contributed by atoms with Crippen LogP contribution in [0.15, 0.2) is 24.3 Å². The first-order valence-corrected chi connectivity index (χ1v) is 8.55. The second kappa shape index (κ2) is 5.89. The van der Waals surface area contributed by atoms with Crippen molar-refractivity contribution in [1.82, 2.24) is 0 Å². The van der Waals surface area contributed by atoms with E-state index in [0.29, 0.717) is 6.42 Å². The van der Waals surface area contributed by atoms with Crippen molar-refractivity contribution in [2.75, 3.05) is 23.5 Å². The summed E-state index contributed by atoms with van der Waals surface area (Å²) < 4.78 is 23.1. The number of sulfone groups is 1. The van der Waals surface area contributed by atoms with Gasteiger partial charge in [0.15, 0.2) is 9.84 Å². The van der Waals surface area contributed by atoms with Gasteiger partial charge < -0.3 is 10.0 Å². The van der Waals surface area contributed by atoms with Crippen molar-refractivity contribution in [3.63, 3.8) is 0 Å². The molecule has 1 fully saturated rings. The van der Waals surface area contributed by atoms with E-state index in [9.17, 15) is 13.2 Å². The predicted octanol–water partition coefficient (Wildman–Crippen LogP) is 1.72. The van der Waals surface area contributed by atoms with Crippen LogP contribution in [-0.4, -0.2) is 44.1 Å². The number of carboxylic acid groups (broad SMARTS) is 1. The molecule has 0 saturated carbocycles. The number of aryl methyl sites for hydroxylation is 1. The number of carbonyl (C=O) groups is 1. The van der Waals surface area contributed by atoms with Crippen LogP contribution in [0.5, 0.6) is 0 Å². The van der Waals surface area contributed by atoms with Gasteiger partial charge in [-0.15, -0.1) is 0 Å². The Kier molecular flexibility index (Phi) is 4.37. The zero-order valence-corrected chi connectivity index (χ0v) is 12.9. The van der Waals surface area contributed by atoms with E-state index in [1.807, 2.05) is 37.1 Å². The highest BCUT2D eigenvalue weighted by molar-refractivity contribution is 7.91. The normalized spacial score (nSPS) is 20.8. The molecule has 1 aromatic rings. The van der Waals surface area contributed by atoms with Crippen molar-refractivity contribution < 1.29 is 18.3 Å². The van der Waals surface area contributed by atoms with Gasteiger partial charge in [0, 0.05) is 24.9 Å². The van der Waals surface area contributed by atoms with E-state index in [2.05, 4.69) is 0 Å². The van der Waals surface area contributed by atoms with Gasteiger partial charge in [0.25, 0.3) is 0 Å². The average Bonchev–Trinajstić information content (AvgIpc) is 2.76. The van der Waals surface area contributed by atoms with Crippen molar-refractivity contribution >= 4 is 27.6 Å². The molecule has 1 aromatic carbocycles. The van der Waals surface area contributed by atoms with E-state index in [1.54, 1.807) is 6.08 Å². The molecule has 1 heterocycles. The minimum Gasteiger partial charge on any atom is -0.478 e. The van der Waals surface area contributed by atoms with Crippen molar-refractivity contribution in [2.45, 2.75) is 19.4 Å². The summed E-state index contributed by atoms with van der Waals surface area (Å²) in [6.45, 7) is 1.94. The number of aliphatic carboxylic acids is 1. The highest BCUT2D eigenvalue weighted by Crippen LogP contribution is 2.26. The van der Waals surface area contributed by atoms with Crippen LogP contribution in [0.3, 0.4) is 0 Å². The van der Waals surface area contributed by atoms with Gasteiger partial charge >= 0.3 is 5.97 Å². The summed E-state index contributed by atoms with van der Waals surface area (Å²) in [7, 11) is -1.00. The first-order valence-electron chi connectivity index (χ1n) is 6.73. The minimum absolute atomic E-state index is 0.00844. The maximum Gasteiger partial charge on any atom is 0.328 e. The molecule has 0 spiro atoms. The largest absolute Gasteiger partial charge is 0.478 e. The predicted molar refractivity (Wildman–Crippen MR) is 83.3 cm³/mol. The summed E-state index contributed by atoms with van der Waals surface area (Å²) in [6, 6.07) is 5.65. The Labute approximate surface area is 124 Å². The quantitative estimate of drug-likeness (QED) is 0.857. The summed E-state index contributed by atoms with van der Waals surface area (Å²) in [5, 5.41) is 8.63. The Morgan fingerprint density at radius 1 is 1.43 bits per heavy atom. The fourth-order valence-electron chi connectivity index (χ4n) is 2.62. The maximum atomic E-state index is 11.6. The van der Waals surface area contributed by atoms with Crippen molar-refractivity contribution in [3.8, 4) is 0 Å². The second-order valence-electron chi connectivity index (χ2n) is 5.39. The molecule has 114 valence electrons. The van der Waals surface area contributed by atoms with E-state index in [4.69, 9.17) is 5.11 Å². The average molecular weight is 309 g/mol. The molecule has 0 bridgehead atoms. The summed E-state index contributed by atoms with van der Waals surface area (Å²) in [5.41, 5.74) is 2.78. The lowest BCUT2D eigenvalue weighted by Crippen LogP contribution is -2.32. The van der Waals surface area contributed by atoms with E-state index >= 15 is 0 Å². The van der Waals surface area contributed by atoms with E-state index < -0.39 is 15.8 Å². The zero-order chi connectivity index (χ0) is 15.6. The van der Waals surface area contributed by atoms with Crippen LogP contribution in [0.25, 0.3) is 6.08 Å². The third-order valence-electron chi connectivity index (χ3n) is 3.78. The molecule has 5 nitrogen and oxygen atoms in total. The first kappa shape index (κ1) is 15.6. The SMILES string of the molecule is Cc1cc(C=CC(=O)O)ccc1N(C)C1CCS(=O)(=O)C1. The third-order valence-corrected chi connectivity index (χ3v) is 5.53. The Bertz CT molecular complexity index is 679. The summed E-state index contributed by atoms with van der Waals surface area (Å²) in [5.74, 6) is -0.533. The monoisotopic (exact) mass is 309 g/mol. The van der Waals surface area contributed by atoms with Gasteiger partial charge in [0.1, 0.15) is 0 Å². The van der Waals surface area contributed by atoms with Gasteiger partial charge in [-0.1, -0.05) is 6.07 Å². The molecule has 1 aliphatic rings. The Morgan fingerprint density at radius 3 is 2.67 bits per heavy atom. The molecule has 21 heavy (non-hydrogen) atoms. The summed E-state index contributed by atoms with van der Waals surface area (Å²) >= 11 is 0. The standard InChI is InChI=1S/C15H19NO4S/c1-11-9-12(4-6-15(17)18)3-5-14(11)16(2)13-7-8-21(19,20)10-13/h3-6,9,13H,7-8,10H2,1-2H3,(H,17,18). The van der Waals surface area contributed by atoms with Crippen LogP contribution in [0, 0.1) is 6.92 Å². The van der Waals surface area contributed by atoms with Crippen LogP contribution in [-0.2, 0) is 14.6 Å². The van der Waals surface area contributed by atoms with Gasteiger partial charge in [0.05, 0.1) is 11.5 Å². The van der Waals surface area contributed by atoms with E-state index in [-0.39, 0.29) is 17.5 Å². The summed E-state index contributed by atoms with van der Waals surface area (Å²) in [6.07, 6.45) is 3.29. The number of hydrogen-bond donors (Lipinski definition) is 1. The molecule has 1 N–H and O–H groups in total. The van der Waals surface area contributed by atoms with Crippen LogP contribution < -0.4 is 4.90 Å². The fourth-order valence-corrected chi connectivity index (χ4v) is 4.40. The van der Waals surface area contributed by atoms with Crippen LogP contribution in [0.4, 0.5) is 5.69 Å². The lowest BCUT2D eigenvalue weighted by molar-refractivity contribution is -0.131. The van der Waals surface area contributed by atoms with Crippen LogP contribution in [0.2, 0.25) is 0 Å². The molecule has 2 rings (SSSR count). The molecule has 1 unspecified atom stereocenters. The molecular formula is C15H19NO4S. The third kappa shape index (κ3) is 3.85. The molecule has 0 aromatic heterocycles. The number of nitrogens with zero attached hydrogens (tertiary/aromatic N) is 1. The fraction of sp³-hybridized carbons (Fsp3) is 0.400. The Balaban J connectivity index is 2.19. The van der Waals surface area contributed by atoms with Gasteiger partial charge in [0.2, 0.25) is 0 Å². The van der Waals surface area contributed by atoms with Gasteiger partial charge in [-0.25, -0.2) is 13.2 Å². The highest BCUT2D eigenvalue weighted by Gasteiger charge is 2.31. The van der Waals surface area contributed by atoms with Gasteiger partial charge in [-0.3, -0.25) is 0 Å². The molecule has 1 saturated heterocycles. The van der Waals surface area contributed by atoms with Crippen LogP contribution >= 0.6 is 0 Å². The molecule has 6 heteroatoms. The van der Waals surface area contributed by atoms with Crippen molar-refractivity contribution in [2.24, 2.45) is 0 Å².